The van der Waals surface area contributed by atoms with Gasteiger partial charge < -0.3 is 5.32 Å². The lowest BCUT2D eigenvalue weighted by atomic mass is 9.94. The molecular formula is C15H28N4. The summed E-state index contributed by atoms with van der Waals surface area (Å²) in [4.78, 5) is 2.55. The van der Waals surface area contributed by atoms with Gasteiger partial charge in [-0.1, -0.05) is 6.92 Å². The van der Waals surface area contributed by atoms with Gasteiger partial charge in [0.1, 0.15) is 0 Å². The van der Waals surface area contributed by atoms with Gasteiger partial charge in [0.05, 0.1) is 5.69 Å². The maximum Gasteiger partial charge on any atom is 0.0765 e. The first-order chi connectivity index (χ1) is 8.93. The third-order valence-corrected chi connectivity index (χ3v) is 4.34. The molecule has 1 N–H and O–H groups in total. The largest absolute Gasteiger partial charge is 0.309 e. The molecule has 2 heterocycles. The molecule has 1 fully saturated rings. The zero-order valence-corrected chi connectivity index (χ0v) is 13.0. The second-order valence-electron chi connectivity index (χ2n) is 6.43. The maximum absolute atomic E-state index is 4.67. The van der Waals surface area contributed by atoms with Crippen molar-refractivity contribution in [3.63, 3.8) is 0 Å². The van der Waals surface area contributed by atoms with Crippen molar-refractivity contribution >= 4 is 0 Å². The summed E-state index contributed by atoms with van der Waals surface area (Å²) >= 11 is 0. The molecule has 0 saturated carbocycles. The summed E-state index contributed by atoms with van der Waals surface area (Å²) in [5, 5.41) is 8.33. The fraction of sp³-hybridized carbons (Fsp3) is 0.800. The van der Waals surface area contributed by atoms with Gasteiger partial charge in [0, 0.05) is 43.5 Å². The second-order valence-corrected chi connectivity index (χ2v) is 6.43. The van der Waals surface area contributed by atoms with E-state index in [9.17, 15) is 0 Å². The van der Waals surface area contributed by atoms with Gasteiger partial charge >= 0.3 is 0 Å². The van der Waals surface area contributed by atoms with E-state index in [0.717, 1.165) is 26.1 Å². The first-order valence-electron chi connectivity index (χ1n) is 7.46. The van der Waals surface area contributed by atoms with Crippen molar-refractivity contribution in [2.24, 2.45) is 0 Å². The summed E-state index contributed by atoms with van der Waals surface area (Å²) < 4.78 is 2.04. The third kappa shape index (κ3) is 3.37. The normalized spacial score (nSPS) is 29.1. The molecular weight excluding hydrogens is 236 g/mol. The Bertz CT molecular complexity index is 412. The van der Waals surface area contributed by atoms with Crippen LogP contribution in [0, 0.1) is 0 Å². The number of piperazine rings is 1. The summed E-state index contributed by atoms with van der Waals surface area (Å²) in [7, 11) is 0. The highest BCUT2D eigenvalue weighted by molar-refractivity contribution is 5.02. The maximum atomic E-state index is 4.67. The molecule has 4 heteroatoms. The van der Waals surface area contributed by atoms with Crippen LogP contribution in [-0.4, -0.2) is 39.4 Å². The van der Waals surface area contributed by atoms with Gasteiger partial charge in [0.2, 0.25) is 0 Å². The van der Waals surface area contributed by atoms with Crippen molar-refractivity contribution in [1.82, 2.24) is 20.0 Å². The molecule has 0 bridgehead atoms. The van der Waals surface area contributed by atoms with E-state index in [2.05, 4.69) is 62.2 Å². The van der Waals surface area contributed by atoms with Crippen LogP contribution in [0.25, 0.3) is 0 Å². The number of nitrogens with one attached hydrogen (secondary N) is 1. The third-order valence-electron chi connectivity index (χ3n) is 4.34. The molecule has 0 spiro atoms. The van der Waals surface area contributed by atoms with E-state index < -0.39 is 0 Å². The van der Waals surface area contributed by atoms with E-state index in [1.807, 2.05) is 4.68 Å². The van der Waals surface area contributed by atoms with Gasteiger partial charge in [-0.25, -0.2) is 0 Å². The molecule has 108 valence electrons. The molecule has 19 heavy (non-hydrogen) atoms. The summed E-state index contributed by atoms with van der Waals surface area (Å²) in [6.07, 6.45) is 3.25. The van der Waals surface area contributed by atoms with E-state index in [4.69, 9.17) is 0 Å². The summed E-state index contributed by atoms with van der Waals surface area (Å²) in [6, 6.07) is 3.16. The molecule has 4 nitrogen and oxygen atoms in total. The van der Waals surface area contributed by atoms with Crippen LogP contribution in [0.2, 0.25) is 0 Å². The Labute approximate surface area is 117 Å². The van der Waals surface area contributed by atoms with Gasteiger partial charge in [-0.3, -0.25) is 9.58 Å². The molecule has 1 aromatic rings. The highest BCUT2D eigenvalue weighted by Gasteiger charge is 2.32. The zero-order valence-electron chi connectivity index (χ0n) is 13.0. The molecule has 0 aromatic carbocycles. The molecule has 0 amide bonds. The van der Waals surface area contributed by atoms with E-state index in [1.54, 1.807) is 0 Å². The van der Waals surface area contributed by atoms with Gasteiger partial charge in [-0.15, -0.1) is 0 Å². The van der Waals surface area contributed by atoms with Gasteiger partial charge in [0.15, 0.2) is 0 Å². The predicted molar refractivity (Wildman–Crippen MR) is 79.2 cm³/mol. The number of nitrogens with zero attached hydrogens (tertiary/aromatic N) is 3. The van der Waals surface area contributed by atoms with Crippen molar-refractivity contribution in [3.05, 3.63) is 18.0 Å². The molecule has 1 aliphatic heterocycles. The van der Waals surface area contributed by atoms with E-state index in [0.29, 0.717) is 12.1 Å². The van der Waals surface area contributed by atoms with Gasteiger partial charge in [-0.05, 0) is 40.2 Å². The van der Waals surface area contributed by atoms with Crippen LogP contribution in [0.5, 0.6) is 0 Å². The standard InChI is InChI=1S/C15H28N4/c1-6-15(5)11-18(13(4)9-16-15)10-14-7-8-19(17-14)12(2)3/h7-8,12-13,16H,6,9-11H2,1-5H3. The van der Waals surface area contributed by atoms with Crippen molar-refractivity contribution in [1.29, 1.82) is 0 Å². The van der Waals surface area contributed by atoms with Crippen molar-refractivity contribution in [2.45, 2.75) is 65.2 Å². The molecule has 1 aromatic heterocycles. The Hall–Kier alpha value is -0.870. The lowest BCUT2D eigenvalue weighted by molar-refractivity contribution is 0.0852. The topological polar surface area (TPSA) is 33.1 Å². The van der Waals surface area contributed by atoms with Crippen LogP contribution in [0.4, 0.5) is 0 Å². The monoisotopic (exact) mass is 264 g/mol. The van der Waals surface area contributed by atoms with Crippen molar-refractivity contribution in [2.75, 3.05) is 13.1 Å². The minimum Gasteiger partial charge on any atom is -0.309 e. The number of hydrogen-bond donors (Lipinski definition) is 1. The quantitative estimate of drug-likeness (QED) is 0.906. The summed E-state index contributed by atoms with van der Waals surface area (Å²) in [5.41, 5.74) is 1.42. The molecule has 0 aliphatic carbocycles. The summed E-state index contributed by atoms with van der Waals surface area (Å²) in [6.45, 7) is 14.3. The van der Waals surface area contributed by atoms with E-state index >= 15 is 0 Å². The smallest absolute Gasteiger partial charge is 0.0765 e. The SMILES string of the molecule is CCC1(C)CN(Cc2ccn(C(C)C)n2)C(C)CN1. The van der Waals surface area contributed by atoms with E-state index in [-0.39, 0.29) is 5.54 Å². The van der Waals surface area contributed by atoms with Crippen molar-refractivity contribution in [3.8, 4) is 0 Å². The number of rotatable bonds is 4. The lowest BCUT2D eigenvalue weighted by Crippen LogP contribution is -2.61. The Morgan fingerprint density at radius 2 is 2.26 bits per heavy atom. The van der Waals surface area contributed by atoms with E-state index in [1.165, 1.54) is 5.69 Å². The van der Waals surface area contributed by atoms with Crippen LogP contribution in [-0.2, 0) is 6.54 Å². The first kappa shape index (κ1) is 14.5. The average molecular weight is 264 g/mol. The number of aromatic nitrogens is 2. The van der Waals surface area contributed by atoms with Crippen molar-refractivity contribution < 1.29 is 0 Å². The summed E-state index contributed by atoms with van der Waals surface area (Å²) in [5.74, 6) is 0. The minimum atomic E-state index is 0.243. The minimum absolute atomic E-state index is 0.243. The highest BCUT2D eigenvalue weighted by Crippen LogP contribution is 2.20. The average Bonchev–Trinajstić information content (AvgIpc) is 2.83. The van der Waals surface area contributed by atoms with Crippen LogP contribution in [0.15, 0.2) is 12.3 Å². The Kier molecular flexibility index (Phi) is 4.31. The molecule has 2 rings (SSSR count). The van der Waals surface area contributed by atoms with Crippen LogP contribution >= 0.6 is 0 Å². The lowest BCUT2D eigenvalue weighted by Gasteiger charge is -2.44. The Morgan fingerprint density at radius 3 is 2.84 bits per heavy atom. The fourth-order valence-electron chi connectivity index (χ4n) is 2.59. The Morgan fingerprint density at radius 1 is 1.53 bits per heavy atom. The highest BCUT2D eigenvalue weighted by atomic mass is 15.3. The molecule has 2 unspecified atom stereocenters. The predicted octanol–water partition coefficient (Wildman–Crippen LogP) is 2.43. The number of hydrogen-bond acceptors (Lipinski definition) is 3. The first-order valence-corrected chi connectivity index (χ1v) is 7.46. The molecule has 0 radical (unpaired) electrons. The van der Waals surface area contributed by atoms with Crippen LogP contribution in [0.1, 0.15) is 52.8 Å². The van der Waals surface area contributed by atoms with Gasteiger partial charge in [-0.2, -0.15) is 5.10 Å². The Balaban J connectivity index is 2.03. The second kappa shape index (κ2) is 5.63. The zero-order chi connectivity index (χ0) is 14.0. The molecule has 1 aliphatic rings. The van der Waals surface area contributed by atoms with Crippen LogP contribution in [0.3, 0.4) is 0 Å². The molecule has 1 saturated heterocycles. The molecule has 2 atom stereocenters. The fourth-order valence-corrected chi connectivity index (χ4v) is 2.59. The van der Waals surface area contributed by atoms with Crippen LogP contribution < -0.4 is 5.32 Å². The van der Waals surface area contributed by atoms with Gasteiger partial charge in [0.25, 0.3) is 0 Å².